The number of pyridine rings is 1. The van der Waals surface area contributed by atoms with Crippen LogP contribution in [-0.4, -0.2) is 62.3 Å². The van der Waals surface area contributed by atoms with E-state index in [-0.39, 0.29) is 64.1 Å². The lowest BCUT2D eigenvalue weighted by molar-refractivity contribution is -0.256. The van der Waals surface area contributed by atoms with Crippen LogP contribution in [0.5, 0.6) is 0 Å². The zero-order valence-electron chi connectivity index (χ0n) is 34.4. The average Bonchev–Trinajstić information content (AvgIpc) is 3.79. The summed E-state index contributed by atoms with van der Waals surface area (Å²) < 4.78 is 11.8. The molecule has 5 aliphatic carbocycles. The Morgan fingerprint density at radius 3 is 2.40 bits per heavy atom. The third-order valence-electron chi connectivity index (χ3n) is 16.6. The zero-order valence-corrected chi connectivity index (χ0v) is 34.4. The number of aromatic nitrogens is 5. The molecular weight excluding hydrogens is 693 g/mol. The van der Waals surface area contributed by atoms with Gasteiger partial charge in [0, 0.05) is 32.0 Å². The van der Waals surface area contributed by atoms with Crippen LogP contribution in [0.4, 0.5) is 0 Å². The summed E-state index contributed by atoms with van der Waals surface area (Å²) in [5.74, 6) is 2.03. The molecule has 55 heavy (non-hydrogen) atoms. The molecule has 1 N–H and O–H groups in total. The van der Waals surface area contributed by atoms with Gasteiger partial charge >= 0.3 is 11.9 Å². The maximum Gasteiger partial charge on any atom is 0.302 e. The van der Waals surface area contributed by atoms with Crippen LogP contribution >= 0.6 is 0 Å². The van der Waals surface area contributed by atoms with E-state index in [1.165, 1.54) is 19.4 Å². The number of esters is 2. The van der Waals surface area contributed by atoms with E-state index in [9.17, 15) is 14.4 Å². The predicted molar refractivity (Wildman–Crippen MR) is 209 cm³/mol. The first-order valence-electron chi connectivity index (χ1n) is 21.0. The first kappa shape index (κ1) is 39.6. The van der Waals surface area contributed by atoms with Crippen LogP contribution in [0.3, 0.4) is 0 Å². The molecule has 0 spiro atoms. The molecular formula is C44H64N6O5. The highest BCUT2D eigenvalue weighted by atomic mass is 16.6. The van der Waals surface area contributed by atoms with Gasteiger partial charge in [-0.05, 0) is 147 Å². The minimum Gasteiger partial charge on any atom is -0.465 e. The van der Waals surface area contributed by atoms with Gasteiger partial charge in [0.2, 0.25) is 11.7 Å². The van der Waals surface area contributed by atoms with Crippen LogP contribution in [0, 0.1) is 56.7 Å². The molecule has 7 rings (SSSR count). The molecule has 0 bridgehead atoms. The molecule has 5 saturated carbocycles. The van der Waals surface area contributed by atoms with Gasteiger partial charge in [0.15, 0.2) is 0 Å². The zero-order chi connectivity index (χ0) is 39.4. The molecule has 300 valence electrons. The topological polar surface area (TPSA) is 138 Å². The van der Waals surface area contributed by atoms with Crippen molar-refractivity contribution in [2.24, 2.45) is 56.7 Å². The molecule has 4 unspecified atom stereocenters. The minimum atomic E-state index is -0.450. The van der Waals surface area contributed by atoms with Crippen LogP contribution in [-0.2, 0) is 30.4 Å². The molecule has 2 heterocycles. The van der Waals surface area contributed by atoms with E-state index >= 15 is 0 Å². The largest absolute Gasteiger partial charge is 0.465 e. The van der Waals surface area contributed by atoms with Crippen molar-refractivity contribution in [2.75, 3.05) is 13.2 Å². The van der Waals surface area contributed by atoms with Gasteiger partial charge in [0.25, 0.3) is 0 Å². The molecule has 5 fully saturated rings. The lowest BCUT2D eigenvalue weighted by atomic mass is 9.32. The Labute approximate surface area is 327 Å². The van der Waals surface area contributed by atoms with Gasteiger partial charge in [-0.15, -0.1) is 10.2 Å². The Hall–Kier alpha value is -3.63. The molecule has 11 atom stereocenters. The van der Waals surface area contributed by atoms with Crippen molar-refractivity contribution >= 4 is 17.8 Å². The normalized spacial score (nSPS) is 39.1. The molecule has 11 nitrogen and oxygen atoms in total. The SMILES string of the molecule is C=C(C)[C@@H]1CC[C@]2(C(=O)NCCCCn3nnc(-c4ccccn4)n3)CC[C@]3(C)C(CCC4[C@@]5(C)CC[C@H](OC(C)=O)[C@@](C)(COC(C)=O)C5CC[C@]43C)C12. The molecule has 11 heteroatoms. The Kier molecular flexibility index (Phi) is 10.6. The number of aryl methyl sites for hydroxylation is 1. The number of hydrogen-bond acceptors (Lipinski definition) is 9. The summed E-state index contributed by atoms with van der Waals surface area (Å²) in [6, 6.07) is 5.65. The third kappa shape index (κ3) is 6.53. The van der Waals surface area contributed by atoms with E-state index in [1.807, 2.05) is 18.2 Å². The van der Waals surface area contributed by atoms with Crippen molar-refractivity contribution in [3.05, 3.63) is 36.5 Å². The smallest absolute Gasteiger partial charge is 0.302 e. The number of rotatable bonds is 11. The van der Waals surface area contributed by atoms with Gasteiger partial charge in [0.1, 0.15) is 18.4 Å². The second-order valence-electron chi connectivity index (χ2n) is 19.2. The summed E-state index contributed by atoms with van der Waals surface area (Å²) in [5, 5.41) is 16.3. The highest BCUT2D eigenvalue weighted by Gasteiger charge is 2.72. The summed E-state index contributed by atoms with van der Waals surface area (Å²) in [6.45, 7) is 21.1. The van der Waals surface area contributed by atoms with E-state index in [0.717, 1.165) is 77.0 Å². The van der Waals surface area contributed by atoms with Crippen molar-refractivity contribution in [3.63, 3.8) is 0 Å². The fraction of sp³-hybridized carbons (Fsp3) is 0.750. The minimum absolute atomic E-state index is 0.0175. The number of tetrazole rings is 1. The Bertz CT molecular complexity index is 1780. The van der Waals surface area contributed by atoms with E-state index in [1.54, 1.807) is 11.0 Å². The Morgan fingerprint density at radius 1 is 0.891 bits per heavy atom. The van der Waals surface area contributed by atoms with Gasteiger partial charge < -0.3 is 14.8 Å². The van der Waals surface area contributed by atoms with Gasteiger partial charge in [-0.1, -0.05) is 45.9 Å². The molecule has 1 amide bonds. The second kappa shape index (κ2) is 14.7. The van der Waals surface area contributed by atoms with Gasteiger partial charge in [0.05, 0.1) is 12.0 Å². The van der Waals surface area contributed by atoms with E-state index < -0.39 is 5.41 Å². The molecule has 2 aromatic heterocycles. The number of nitrogens with zero attached hydrogens (tertiary/aromatic N) is 5. The van der Waals surface area contributed by atoms with Crippen molar-refractivity contribution in [2.45, 2.75) is 138 Å². The first-order chi connectivity index (χ1) is 26.1. The number of unbranched alkanes of at least 4 members (excludes halogenated alkanes) is 1. The fourth-order valence-electron chi connectivity index (χ4n) is 13.9. The highest BCUT2D eigenvalue weighted by molar-refractivity contribution is 5.84. The monoisotopic (exact) mass is 756 g/mol. The number of fused-ring (bicyclic) bond motifs is 7. The summed E-state index contributed by atoms with van der Waals surface area (Å²) in [6.07, 6.45) is 13.2. The molecule has 0 aliphatic heterocycles. The maximum absolute atomic E-state index is 14.6. The van der Waals surface area contributed by atoms with Crippen LogP contribution in [0.2, 0.25) is 0 Å². The van der Waals surface area contributed by atoms with Crippen molar-refractivity contribution in [1.29, 1.82) is 0 Å². The number of nitrogens with one attached hydrogen (secondary N) is 1. The van der Waals surface area contributed by atoms with Gasteiger partial charge in [-0.25, -0.2) is 0 Å². The standard InChI is InChI=1S/C44H64N6O5/c1-28(2)31-16-21-44(39(53)46-25-11-12-26-50-48-38(47-49-50)33-13-9-10-24-45-33)23-22-42(7)32(37(31)44)14-15-35-40(5)19-18-36(55-30(4)52)41(6,27-54-29(3)51)34(40)17-20-43(35,42)8/h9-10,13,24,31-32,34-37H,1,11-12,14-23,25-27H2,2-8H3,(H,46,53)/t31-,32?,34?,35?,36-,37?,40-,41-,42+,43+,44-/m0/s1. The van der Waals surface area contributed by atoms with Gasteiger partial charge in [-0.3, -0.25) is 19.4 Å². The highest BCUT2D eigenvalue weighted by Crippen LogP contribution is 2.77. The van der Waals surface area contributed by atoms with Gasteiger partial charge in [-0.2, -0.15) is 4.80 Å². The molecule has 0 radical (unpaired) electrons. The Morgan fingerprint density at radius 2 is 1.69 bits per heavy atom. The van der Waals surface area contributed by atoms with E-state index in [0.29, 0.717) is 42.4 Å². The lowest BCUT2D eigenvalue weighted by Gasteiger charge is -2.73. The predicted octanol–water partition coefficient (Wildman–Crippen LogP) is 7.76. The van der Waals surface area contributed by atoms with Crippen LogP contribution in [0.1, 0.15) is 126 Å². The van der Waals surface area contributed by atoms with Crippen molar-refractivity contribution < 1.29 is 23.9 Å². The molecule has 0 aromatic carbocycles. The number of carbonyl (C=O) groups excluding carboxylic acids is 3. The molecule has 2 aromatic rings. The van der Waals surface area contributed by atoms with Crippen LogP contribution in [0.15, 0.2) is 36.5 Å². The number of ether oxygens (including phenoxy) is 2. The van der Waals surface area contributed by atoms with E-state index in [4.69, 9.17) is 9.47 Å². The fourth-order valence-corrected chi connectivity index (χ4v) is 13.9. The average molecular weight is 757 g/mol. The quantitative estimate of drug-likeness (QED) is 0.139. The second-order valence-corrected chi connectivity index (χ2v) is 19.2. The van der Waals surface area contributed by atoms with Crippen molar-refractivity contribution in [1.82, 2.24) is 30.5 Å². The summed E-state index contributed by atoms with van der Waals surface area (Å²) in [4.78, 5) is 44.9. The summed E-state index contributed by atoms with van der Waals surface area (Å²) in [7, 11) is 0. The summed E-state index contributed by atoms with van der Waals surface area (Å²) in [5.41, 5.74) is 1.30. The third-order valence-corrected chi connectivity index (χ3v) is 16.6. The number of amides is 1. The summed E-state index contributed by atoms with van der Waals surface area (Å²) >= 11 is 0. The first-order valence-corrected chi connectivity index (χ1v) is 21.0. The van der Waals surface area contributed by atoms with Crippen molar-refractivity contribution in [3.8, 4) is 11.5 Å². The number of hydrogen-bond donors (Lipinski definition) is 1. The van der Waals surface area contributed by atoms with Crippen LogP contribution < -0.4 is 5.32 Å². The number of allylic oxidation sites excluding steroid dienone is 1. The maximum atomic E-state index is 14.6. The molecule has 0 saturated heterocycles. The van der Waals surface area contributed by atoms with Crippen LogP contribution in [0.25, 0.3) is 11.5 Å². The Balaban J connectivity index is 1.07. The van der Waals surface area contributed by atoms with E-state index in [2.05, 4.69) is 66.9 Å². The molecule has 5 aliphatic rings. The lowest BCUT2D eigenvalue weighted by Crippen LogP contribution is -2.68. The number of carbonyl (C=O) groups is 3.